The van der Waals surface area contributed by atoms with E-state index in [0.29, 0.717) is 29.2 Å². The molecule has 6 nitrogen and oxygen atoms in total. The smallest absolute Gasteiger partial charge is 0.408 e. The molecule has 1 aromatic heterocycles. The van der Waals surface area contributed by atoms with Crippen LogP contribution in [0.1, 0.15) is 13.8 Å². The number of oxazole rings is 1. The minimum Gasteiger partial charge on any atom is -0.408 e. The van der Waals surface area contributed by atoms with E-state index in [1.165, 1.54) is 4.57 Å². The average molecular weight is 263 g/mol. The monoisotopic (exact) mass is 263 g/mol. The Morgan fingerprint density at radius 2 is 2.16 bits per heavy atom. The molecule has 0 bridgehead atoms. The van der Waals surface area contributed by atoms with Gasteiger partial charge in [0.05, 0.1) is 5.52 Å². The van der Waals surface area contributed by atoms with Gasteiger partial charge in [0.15, 0.2) is 5.58 Å². The lowest BCUT2D eigenvalue weighted by Crippen LogP contribution is -2.31. The fourth-order valence-corrected chi connectivity index (χ4v) is 1.68. The number of hydrogen-bond acceptors (Lipinski definition) is 3. The zero-order valence-electron chi connectivity index (χ0n) is 11.2. The summed E-state index contributed by atoms with van der Waals surface area (Å²) in [5.74, 6) is -0.0308. The molecular weight excluding hydrogens is 246 g/mol. The second-order valence-electron chi connectivity index (χ2n) is 4.84. The highest BCUT2D eigenvalue weighted by atomic mass is 16.4. The van der Waals surface area contributed by atoms with Crippen molar-refractivity contribution in [2.45, 2.75) is 13.8 Å². The first-order valence-electron chi connectivity index (χ1n) is 6.12. The third-order valence-corrected chi connectivity index (χ3v) is 2.72. The van der Waals surface area contributed by atoms with Crippen molar-refractivity contribution in [3.8, 4) is 0 Å². The van der Waals surface area contributed by atoms with Crippen molar-refractivity contribution in [1.29, 1.82) is 0 Å². The Morgan fingerprint density at radius 3 is 2.84 bits per heavy atom. The first-order valence-corrected chi connectivity index (χ1v) is 6.12. The van der Waals surface area contributed by atoms with E-state index in [4.69, 9.17) is 4.42 Å². The van der Waals surface area contributed by atoms with Crippen LogP contribution in [0.3, 0.4) is 0 Å². The van der Waals surface area contributed by atoms with Crippen molar-refractivity contribution in [2.24, 2.45) is 13.0 Å². The molecule has 0 saturated carbocycles. The largest absolute Gasteiger partial charge is 0.419 e. The number of aromatic nitrogens is 1. The number of carbonyl (C=O) groups excluding carboxylic acids is 1. The summed E-state index contributed by atoms with van der Waals surface area (Å²) in [6.45, 7) is 4.64. The van der Waals surface area contributed by atoms with Crippen LogP contribution in [0.15, 0.2) is 27.4 Å². The second kappa shape index (κ2) is 5.17. The van der Waals surface area contributed by atoms with Gasteiger partial charge in [0, 0.05) is 25.3 Å². The van der Waals surface area contributed by atoms with Crippen LogP contribution in [0.2, 0.25) is 0 Å². The molecule has 2 N–H and O–H groups in total. The molecule has 6 heteroatoms. The number of benzene rings is 1. The predicted molar refractivity (Wildman–Crippen MR) is 73.3 cm³/mol. The Balaban J connectivity index is 2.13. The SMILES string of the molecule is CC(C)CNC(=O)Nc1ccc2c(c1)oc(=O)n2C. The summed E-state index contributed by atoms with van der Waals surface area (Å²) in [7, 11) is 1.64. The standard InChI is InChI=1S/C13H17N3O3/c1-8(2)7-14-12(17)15-9-4-5-10-11(6-9)19-13(18)16(10)3/h4-6,8H,7H2,1-3H3,(H2,14,15,17). The number of amides is 2. The van der Waals surface area contributed by atoms with E-state index >= 15 is 0 Å². The zero-order chi connectivity index (χ0) is 14.0. The van der Waals surface area contributed by atoms with Crippen molar-refractivity contribution in [1.82, 2.24) is 9.88 Å². The Morgan fingerprint density at radius 1 is 1.42 bits per heavy atom. The Hall–Kier alpha value is -2.24. The first kappa shape index (κ1) is 13.2. The Bertz CT molecular complexity index is 655. The molecule has 102 valence electrons. The van der Waals surface area contributed by atoms with Gasteiger partial charge in [0.2, 0.25) is 0 Å². The zero-order valence-corrected chi connectivity index (χ0v) is 11.2. The van der Waals surface area contributed by atoms with Gasteiger partial charge >= 0.3 is 11.8 Å². The van der Waals surface area contributed by atoms with E-state index in [1.54, 1.807) is 25.2 Å². The summed E-state index contributed by atoms with van der Waals surface area (Å²) in [6, 6.07) is 4.82. The number of anilines is 1. The maximum atomic E-state index is 11.6. The molecule has 0 aliphatic rings. The number of nitrogens with one attached hydrogen (secondary N) is 2. The summed E-state index contributed by atoms with van der Waals surface area (Å²) in [4.78, 5) is 23.0. The summed E-state index contributed by atoms with van der Waals surface area (Å²) in [6.07, 6.45) is 0. The van der Waals surface area contributed by atoms with Crippen molar-refractivity contribution in [3.05, 3.63) is 28.7 Å². The molecular formula is C13H17N3O3. The van der Waals surface area contributed by atoms with Crippen molar-refractivity contribution < 1.29 is 9.21 Å². The van der Waals surface area contributed by atoms with Crippen LogP contribution >= 0.6 is 0 Å². The number of fused-ring (bicyclic) bond motifs is 1. The molecule has 0 radical (unpaired) electrons. The van der Waals surface area contributed by atoms with Gasteiger partial charge in [-0.25, -0.2) is 9.59 Å². The number of rotatable bonds is 3. The van der Waals surface area contributed by atoms with Gasteiger partial charge in [-0.3, -0.25) is 4.57 Å². The molecule has 1 aromatic carbocycles. The van der Waals surface area contributed by atoms with Crippen LogP contribution in [0.5, 0.6) is 0 Å². The third-order valence-electron chi connectivity index (χ3n) is 2.72. The average Bonchev–Trinajstić information content (AvgIpc) is 2.62. The van der Waals surface area contributed by atoms with Gasteiger partial charge < -0.3 is 15.1 Å². The van der Waals surface area contributed by atoms with E-state index in [2.05, 4.69) is 10.6 Å². The number of aryl methyl sites for hydroxylation is 1. The molecule has 2 aromatic rings. The Kier molecular flexibility index (Phi) is 3.59. The predicted octanol–water partition coefficient (Wildman–Crippen LogP) is 1.91. The highest BCUT2D eigenvalue weighted by molar-refractivity contribution is 5.91. The van der Waals surface area contributed by atoms with Crippen LogP contribution in [-0.4, -0.2) is 17.1 Å². The summed E-state index contributed by atoms with van der Waals surface area (Å²) < 4.78 is 6.47. The second-order valence-corrected chi connectivity index (χ2v) is 4.84. The lowest BCUT2D eigenvalue weighted by Gasteiger charge is -2.09. The number of urea groups is 1. The minimum absolute atomic E-state index is 0.272. The van der Waals surface area contributed by atoms with Gasteiger partial charge in [0.25, 0.3) is 0 Å². The molecule has 0 spiro atoms. The van der Waals surface area contributed by atoms with E-state index in [1.807, 2.05) is 13.8 Å². The van der Waals surface area contributed by atoms with E-state index in [0.717, 1.165) is 0 Å². The molecule has 0 saturated heterocycles. The Labute approximate surface area is 110 Å². The summed E-state index contributed by atoms with van der Waals surface area (Å²) >= 11 is 0. The number of hydrogen-bond donors (Lipinski definition) is 2. The lowest BCUT2D eigenvalue weighted by atomic mass is 10.2. The molecule has 19 heavy (non-hydrogen) atoms. The van der Waals surface area contributed by atoms with Crippen LogP contribution < -0.4 is 16.4 Å². The summed E-state index contributed by atoms with van der Waals surface area (Å²) in [5.41, 5.74) is 1.73. The molecule has 1 heterocycles. The maximum absolute atomic E-state index is 11.6. The quantitative estimate of drug-likeness (QED) is 0.888. The molecule has 0 aliphatic heterocycles. The maximum Gasteiger partial charge on any atom is 0.419 e. The molecule has 0 aliphatic carbocycles. The number of carbonyl (C=O) groups is 1. The van der Waals surface area contributed by atoms with Crippen LogP contribution in [-0.2, 0) is 7.05 Å². The molecule has 0 atom stereocenters. The highest BCUT2D eigenvalue weighted by Gasteiger charge is 2.08. The first-order chi connectivity index (χ1) is 8.97. The van der Waals surface area contributed by atoms with Gasteiger partial charge in [-0.1, -0.05) is 13.8 Å². The molecule has 0 fully saturated rings. The van der Waals surface area contributed by atoms with Crippen molar-refractivity contribution in [3.63, 3.8) is 0 Å². The lowest BCUT2D eigenvalue weighted by molar-refractivity contribution is 0.251. The molecule has 2 amide bonds. The molecule has 0 unspecified atom stereocenters. The normalized spacial score (nSPS) is 10.9. The van der Waals surface area contributed by atoms with Crippen LogP contribution in [0.25, 0.3) is 11.1 Å². The minimum atomic E-state index is -0.420. The van der Waals surface area contributed by atoms with Crippen LogP contribution in [0.4, 0.5) is 10.5 Å². The summed E-state index contributed by atoms with van der Waals surface area (Å²) in [5, 5.41) is 5.44. The van der Waals surface area contributed by atoms with Crippen LogP contribution in [0, 0.1) is 5.92 Å². The van der Waals surface area contributed by atoms with Gasteiger partial charge in [-0.2, -0.15) is 0 Å². The highest BCUT2D eigenvalue weighted by Crippen LogP contribution is 2.17. The van der Waals surface area contributed by atoms with Crippen molar-refractivity contribution in [2.75, 3.05) is 11.9 Å². The topological polar surface area (TPSA) is 76.3 Å². The van der Waals surface area contributed by atoms with E-state index in [9.17, 15) is 9.59 Å². The fourth-order valence-electron chi connectivity index (χ4n) is 1.68. The third kappa shape index (κ3) is 2.96. The molecule has 2 rings (SSSR count). The fraction of sp³-hybridized carbons (Fsp3) is 0.385. The van der Waals surface area contributed by atoms with Gasteiger partial charge in [-0.05, 0) is 18.1 Å². The van der Waals surface area contributed by atoms with E-state index in [-0.39, 0.29) is 6.03 Å². The number of nitrogens with zero attached hydrogens (tertiary/aromatic N) is 1. The van der Waals surface area contributed by atoms with Gasteiger partial charge in [-0.15, -0.1) is 0 Å². The van der Waals surface area contributed by atoms with Crippen molar-refractivity contribution >= 4 is 22.8 Å². The van der Waals surface area contributed by atoms with E-state index < -0.39 is 5.76 Å². The van der Waals surface area contributed by atoms with Gasteiger partial charge in [0.1, 0.15) is 0 Å².